The summed E-state index contributed by atoms with van der Waals surface area (Å²) in [5.74, 6) is 1.82. The Kier molecular flexibility index (Phi) is 4.16. The normalized spacial score (nSPS) is 10.3. The van der Waals surface area contributed by atoms with Crippen molar-refractivity contribution in [3.8, 4) is 11.5 Å². The summed E-state index contributed by atoms with van der Waals surface area (Å²) in [7, 11) is 0. The van der Waals surface area contributed by atoms with E-state index in [2.05, 4.69) is 0 Å². The molecule has 0 aliphatic rings. The summed E-state index contributed by atoms with van der Waals surface area (Å²) in [6, 6.07) is 12.6. The average Bonchev–Trinajstić information content (AvgIpc) is 2.28. The highest BCUT2D eigenvalue weighted by atomic mass is 35.5. The van der Waals surface area contributed by atoms with Crippen LogP contribution >= 0.6 is 34.8 Å². The molecule has 88 valence electrons. The van der Waals surface area contributed by atoms with Crippen molar-refractivity contribution >= 4 is 34.8 Å². The summed E-state index contributed by atoms with van der Waals surface area (Å²) < 4.78 is 5.63. The summed E-state index contributed by atoms with van der Waals surface area (Å²) in [5.41, 5.74) is 1.04. The molecule has 0 saturated heterocycles. The van der Waals surface area contributed by atoms with Crippen molar-refractivity contribution in [1.29, 1.82) is 0 Å². The first-order chi connectivity index (χ1) is 8.17. The quantitative estimate of drug-likeness (QED) is 0.675. The van der Waals surface area contributed by atoms with Gasteiger partial charge in [-0.05, 0) is 35.9 Å². The van der Waals surface area contributed by atoms with Crippen molar-refractivity contribution in [1.82, 2.24) is 0 Å². The Morgan fingerprint density at radius 2 is 1.41 bits per heavy atom. The zero-order valence-corrected chi connectivity index (χ0v) is 11.1. The first-order valence-electron chi connectivity index (χ1n) is 4.96. The molecule has 0 bridgehead atoms. The average molecular weight is 288 g/mol. The van der Waals surface area contributed by atoms with Crippen molar-refractivity contribution in [2.75, 3.05) is 0 Å². The summed E-state index contributed by atoms with van der Waals surface area (Å²) in [6.07, 6.45) is 0. The number of halogens is 3. The highest BCUT2D eigenvalue weighted by Gasteiger charge is 2.01. The molecule has 0 spiro atoms. The lowest BCUT2D eigenvalue weighted by Gasteiger charge is -2.07. The molecule has 0 atom stereocenters. The molecule has 0 unspecified atom stereocenters. The van der Waals surface area contributed by atoms with Gasteiger partial charge >= 0.3 is 0 Å². The summed E-state index contributed by atoms with van der Waals surface area (Å²) in [5, 5.41) is 1.09. The van der Waals surface area contributed by atoms with Crippen LogP contribution in [0.5, 0.6) is 11.5 Å². The number of hydrogen-bond donors (Lipinski definition) is 0. The van der Waals surface area contributed by atoms with E-state index in [4.69, 9.17) is 39.5 Å². The molecular weight excluding hydrogens is 279 g/mol. The van der Waals surface area contributed by atoms with Gasteiger partial charge in [-0.3, -0.25) is 0 Å². The second-order valence-corrected chi connectivity index (χ2v) is 4.62. The lowest BCUT2D eigenvalue weighted by atomic mass is 10.2. The lowest BCUT2D eigenvalue weighted by molar-refractivity contribution is 0.482. The van der Waals surface area contributed by atoms with Gasteiger partial charge in [0.1, 0.15) is 11.5 Å². The first kappa shape index (κ1) is 12.6. The molecule has 17 heavy (non-hydrogen) atoms. The van der Waals surface area contributed by atoms with E-state index in [1.54, 1.807) is 18.2 Å². The van der Waals surface area contributed by atoms with Crippen LogP contribution in [0, 0.1) is 0 Å². The smallest absolute Gasteiger partial charge is 0.130 e. The minimum atomic E-state index is 0.489. The van der Waals surface area contributed by atoms with Gasteiger partial charge in [-0.25, -0.2) is 0 Å². The highest BCUT2D eigenvalue weighted by molar-refractivity contribution is 6.34. The van der Waals surface area contributed by atoms with Crippen molar-refractivity contribution < 1.29 is 4.74 Å². The molecule has 1 nitrogen and oxygen atoms in total. The molecule has 0 amide bonds. The molecule has 2 aromatic carbocycles. The van der Waals surface area contributed by atoms with E-state index in [1.165, 1.54) is 0 Å². The molecule has 2 rings (SSSR count). The summed E-state index contributed by atoms with van der Waals surface area (Å²) >= 11 is 17.5. The third-order valence-corrected chi connectivity index (χ3v) is 2.89. The number of benzene rings is 2. The molecule has 2 aromatic rings. The maximum absolute atomic E-state index is 5.88. The minimum absolute atomic E-state index is 0.489. The molecule has 0 saturated carbocycles. The summed E-state index contributed by atoms with van der Waals surface area (Å²) in [4.78, 5) is 0. The monoisotopic (exact) mass is 286 g/mol. The molecule has 0 aromatic heterocycles. The largest absolute Gasteiger partial charge is 0.457 e. The van der Waals surface area contributed by atoms with Crippen molar-refractivity contribution in [2.24, 2.45) is 0 Å². The zero-order valence-electron chi connectivity index (χ0n) is 8.79. The fourth-order valence-corrected chi connectivity index (χ4v) is 2.05. The van der Waals surface area contributed by atoms with Gasteiger partial charge in [-0.15, -0.1) is 11.6 Å². The van der Waals surface area contributed by atoms with Gasteiger partial charge in [0, 0.05) is 15.9 Å². The topological polar surface area (TPSA) is 9.23 Å². The minimum Gasteiger partial charge on any atom is -0.457 e. The van der Waals surface area contributed by atoms with Crippen LogP contribution in [-0.2, 0) is 5.88 Å². The lowest BCUT2D eigenvalue weighted by Crippen LogP contribution is -1.85. The van der Waals surface area contributed by atoms with Crippen molar-refractivity contribution in [2.45, 2.75) is 5.88 Å². The number of rotatable bonds is 3. The van der Waals surface area contributed by atoms with Crippen molar-refractivity contribution in [3.05, 3.63) is 58.1 Å². The number of alkyl halides is 1. The SMILES string of the molecule is ClCc1ccc(Oc2cc(Cl)cc(Cl)c2)cc1. The molecule has 0 fully saturated rings. The van der Waals surface area contributed by atoms with E-state index in [0.29, 0.717) is 21.7 Å². The van der Waals surface area contributed by atoms with Gasteiger partial charge in [-0.2, -0.15) is 0 Å². The van der Waals surface area contributed by atoms with Crippen LogP contribution in [-0.4, -0.2) is 0 Å². The van der Waals surface area contributed by atoms with Gasteiger partial charge in [-0.1, -0.05) is 35.3 Å². The van der Waals surface area contributed by atoms with Gasteiger partial charge in [0.05, 0.1) is 0 Å². The van der Waals surface area contributed by atoms with Crippen LogP contribution in [0.25, 0.3) is 0 Å². The van der Waals surface area contributed by atoms with Crippen molar-refractivity contribution in [3.63, 3.8) is 0 Å². The van der Waals surface area contributed by atoms with E-state index < -0.39 is 0 Å². The zero-order chi connectivity index (χ0) is 12.3. The van der Waals surface area contributed by atoms with E-state index in [-0.39, 0.29) is 0 Å². The molecule has 0 aliphatic heterocycles. The Hall–Kier alpha value is -0.890. The maximum Gasteiger partial charge on any atom is 0.130 e. The molecular formula is C13H9Cl3O. The fraction of sp³-hybridized carbons (Fsp3) is 0.0769. The second kappa shape index (κ2) is 5.63. The fourth-order valence-electron chi connectivity index (χ4n) is 1.37. The maximum atomic E-state index is 5.88. The van der Waals surface area contributed by atoms with Crippen LogP contribution in [0.1, 0.15) is 5.56 Å². The van der Waals surface area contributed by atoms with Crippen LogP contribution in [0.4, 0.5) is 0 Å². The molecule has 4 heteroatoms. The van der Waals surface area contributed by atoms with E-state index in [0.717, 1.165) is 11.3 Å². The molecule has 0 heterocycles. The van der Waals surface area contributed by atoms with Gasteiger partial charge in [0.15, 0.2) is 0 Å². The molecule has 0 N–H and O–H groups in total. The second-order valence-electron chi connectivity index (χ2n) is 3.48. The van der Waals surface area contributed by atoms with Crippen LogP contribution in [0.15, 0.2) is 42.5 Å². The predicted octanol–water partition coefficient (Wildman–Crippen LogP) is 5.52. The molecule has 0 aliphatic carbocycles. The highest BCUT2D eigenvalue weighted by Crippen LogP contribution is 2.28. The van der Waals surface area contributed by atoms with Crippen LogP contribution in [0.2, 0.25) is 10.0 Å². The third kappa shape index (κ3) is 3.53. The Morgan fingerprint density at radius 1 is 0.824 bits per heavy atom. The standard InChI is InChI=1S/C13H9Cl3O/c14-8-9-1-3-12(4-2-9)17-13-6-10(15)5-11(16)7-13/h1-7H,8H2. The van der Waals surface area contributed by atoms with Gasteiger partial charge in [0.2, 0.25) is 0 Å². The van der Waals surface area contributed by atoms with Crippen LogP contribution in [0.3, 0.4) is 0 Å². The molecule has 0 radical (unpaired) electrons. The Balaban J connectivity index is 2.19. The summed E-state index contributed by atoms with van der Waals surface area (Å²) in [6.45, 7) is 0. The predicted molar refractivity (Wildman–Crippen MR) is 72.5 cm³/mol. The first-order valence-corrected chi connectivity index (χ1v) is 6.25. The van der Waals surface area contributed by atoms with Gasteiger partial charge < -0.3 is 4.74 Å². The van der Waals surface area contributed by atoms with E-state index in [1.807, 2.05) is 24.3 Å². The Morgan fingerprint density at radius 3 is 1.94 bits per heavy atom. The number of hydrogen-bond acceptors (Lipinski definition) is 1. The Labute approximate surface area is 115 Å². The Bertz CT molecular complexity index is 488. The van der Waals surface area contributed by atoms with E-state index in [9.17, 15) is 0 Å². The third-order valence-electron chi connectivity index (χ3n) is 2.15. The van der Waals surface area contributed by atoms with E-state index >= 15 is 0 Å². The van der Waals surface area contributed by atoms with Gasteiger partial charge in [0.25, 0.3) is 0 Å². The number of ether oxygens (including phenoxy) is 1. The van der Waals surface area contributed by atoms with Crippen LogP contribution < -0.4 is 4.74 Å².